The Balaban J connectivity index is 2.15. The van der Waals surface area contributed by atoms with Crippen molar-refractivity contribution in [3.63, 3.8) is 0 Å². The first-order valence-corrected chi connectivity index (χ1v) is 7.34. The zero-order chi connectivity index (χ0) is 14.6. The van der Waals surface area contributed by atoms with Crippen molar-refractivity contribution >= 4 is 15.7 Å². The van der Waals surface area contributed by atoms with E-state index in [-0.39, 0.29) is 23.1 Å². The fourth-order valence-electron chi connectivity index (χ4n) is 1.47. The second-order valence-corrected chi connectivity index (χ2v) is 5.42. The van der Waals surface area contributed by atoms with Crippen LogP contribution in [0.4, 0.5) is 5.69 Å². The molecule has 0 atom stereocenters. The summed E-state index contributed by atoms with van der Waals surface area (Å²) in [5.74, 6) is 0.589. The molecule has 2 heterocycles. The predicted molar refractivity (Wildman–Crippen MR) is 70.8 cm³/mol. The topological polar surface area (TPSA) is 102 Å². The molecule has 0 fully saturated rings. The van der Waals surface area contributed by atoms with Crippen LogP contribution >= 0.6 is 0 Å². The maximum absolute atomic E-state index is 12.0. The smallest absolute Gasteiger partial charge is 0.295 e. The summed E-state index contributed by atoms with van der Waals surface area (Å²) in [5, 5.41) is 8.59. The van der Waals surface area contributed by atoms with Crippen LogP contribution in [0.3, 0.4) is 0 Å². The normalized spacial score (nSPS) is 11.3. The molecule has 0 aliphatic heterocycles. The first-order chi connectivity index (χ1) is 9.55. The second-order valence-electron chi connectivity index (χ2n) is 3.80. The van der Waals surface area contributed by atoms with Crippen LogP contribution in [0, 0.1) is 0 Å². The van der Waals surface area contributed by atoms with Crippen molar-refractivity contribution in [1.29, 1.82) is 0 Å². The number of rotatable bonds is 6. The first kappa shape index (κ1) is 14.4. The molecule has 0 saturated heterocycles. The van der Waals surface area contributed by atoms with Crippen molar-refractivity contribution in [3.8, 4) is 5.88 Å². The van der Waals surface area contributed by atoms with Crippen LogP contribution in [-0.4, -0.2) is 25.1 Å². The van der Waals surface area contributed by atoms with Gasteiger partial charge in [0.1, 0.15) is 12.4 Å². The number of pyridine rings is 1. The van der Waals surface area contributed by atoms with Gasteiger partial charge in [-0.15, -0.1) is 0 Å². The molecular weight excluding hydrogens is 284 g/mol. The third-order valence-electron chi connectivity index (χ3n) is 2.34. The summed E-state index contributed by atoms with van der Waals surface area (Å²) in [4.78, 5) is 3.95. The van der Waals surface area contributed by atoms with Crippen LogP contribution < -0.4 is 9.46 Å². The number of ether oxygens (including phenoxy) is 1. The average molecular weight is 298 g/mol. The number of sulfonamides is 1. The minimum atomic E-state index is -3.84. The molecule has 7 nitrogen and oxygen atoms in total. The Morgan fingerprint density at radius 2 is 2.15 bits per heavy atom. The number of nitrogens with zero attached hydrogens (tertiary/aromatic N) is 1. The minimum Gasteiger partial charge on any atom is -0.478 e. The van der Waals surface area contributed by atoms with Crippen LogP contribution in [0.2, 0.25) is 0 Å². The molecule has 20 heavy (non-hydrogen) atoms. The van der Waals surface area contributed by atoms with Gasteiger partial charge < -0.3 is 14.3 Å². The highest BCUT2D eigenvalue weighted by Crippen LogP contribution is 2.19. The van der Waals surface area contributed by atoms with E-state index in [9.17, 15) is 8.42 Å². The lowest BCUT2D eigenvalue weighted by atomic mass is 10.4. The molecule has 108 valence electrons. The summed E-state index contributed by atoms with van der Waals surface area (Å²) >= 11 is 0. The highest BCUT2D eigenvalue weighted by atomic mass is 32.2. The quantitative estimate of drug-likeness (QED) is 0.835. The number of aliphatic hydroxyl groups is 1. The predicted octanol–water partition coefficient (Wildman–Crippen LogP) is 1.37. The molecule has 0 unspecified atom stereocenters. The third kappa shape index (κ3) is 3.28. The molecule has 0 amide bonds. The van der Waals surface area contributed by atoms with Gasteiger partial charge in [0.15, 0.2) is 0 Å². The molecule has 0 aromatic carbocycles. The zero-order valence-corrected chi connectivity index (χ0v) is 11.6. The Bertz CT molecular complexity index is 663. The number of hydrogen-bond acceptors (Lipinski definition) is 6. The van der Waals surface area contributed by atoms with Crippen LogP contribution in [0.5, 0.6) is 5.88 Å². The average Bonchev–Trinajstić information content (AvgIpc) is 2.91. The van der Waals surface area contributed by atoms with Gasteiger partial charge in [-0.2, -0.15) is 8.42 Å². The Morgan fingerprint density at radius 1 is 1.35 bits per heavy atom. The number of aromatic nitrogens is 1. The van der Waals surface area contributed by atoms with Crippen molar-refractivity contribution in [3.05, 3.63) is 36.2 Å². The number of anilines is 1. The van der Waals surface area contributed by atoms with E-state index in [4.69, 9.17) is 14.3 Å². The summed E-state index contributed by atoms with van der Waals surface area (Å²) in [6, 6.07) is 5.76. The van der Waals surface area contributed by atoms with Crippen LogP contribution in [0.1, 0.15) is 12.7 Å². The number of hydrogen-bond donors (Lipinski definition) is 2. The van der Waals surface area contributed by atoms with E-state index in [1.54, 1.807) is 6.07 Å². The van der Waals surface area contributed by atoms with E-state index in [0.29, 0.717) is 12.5 Å². The summed E-state index contributed by atoms with van der Waals surface area (Å²) in [6.07, 6.45) is 1.35. The summed E-state index contributed by atoms with van der Waals surface area (Å²) in [7, 11) is -3.84. The van der Waals surface area contributed by atoms with Crippen molar-refractivity contribution in [2.45, 2.75) is 18.6 Å². The van der Waals surface area contributed by atoms with Crippen molar-refractivity contribution in [2.24, 2.45) is 0 Å². The SMILES string of the molecule is CCOc1ccc(NS(=O)(=O)c2ccc(CO)o2)cn1. The van der Waals surface area contributed by atoms with Gasteiger partial charge in [-0.1, -0.05) is 0 Å². The second kappa shape index (κ2) is 5.93. The van der Waals surface area contributed by atoms with Crippen LogP contribution in [0.15, 0.2) is 40.0 Å². The molecule has 0 spiro atoms. The van der Waals surface area contributed by atoms with Crippen molar-refractivity contribution < 1.29 is 22.7 Å². The van der Waals surface area contributed by atoms with Gasteiger partial charge in [0.25, 0.3) is 10.0 Å². The molecule has 0 aliphatic rings. The first-order valence-electron chi connectivity index (χ1n) is 5.86. The summed E-state index contributed by atoms with van der Waals surface area (Å²) in [5.41, 5.74) is 0.287. The largest absolute Gasteiger partial charge is 0.478 e. The molecular formula is C12H14N2O5S. The Hall–Kier alpha value is -2.06. The molecule has 0 radical (unpaired) electrons. The van der Waals surface area contributed by atoms with E-state index < -0.39 is 10.0 Å². The summed E-state index contributed by atoms with van der Waals surface area (Å²) in [6.45, 7) is 1.95. The highest BCUT2D eigenvalue weighted by molar-refractivity contribution is 7.92. The van der Waals surface area contributed by atoms with Crippen LogP contribution in [0.25, 0.3) is 0 Å². The number of aliphatic hydroxyl groups excluding tert-OH is 1. The Morgan fingerprint density at radius 3 is 2.70 bits per heavy atom. The molecule has 0 aliphatic carbocycles. The molecule has 0 bridgehead atoms. The third-order valence-corrected chi connectivity index (χ3v) is 3.59. The van der Waals surface area contributed by atoms with E-state index in [1.807, 2.05) is 6.92 Å². The maximum atomic E-state index is 12.0. The standard InChI is InChI=1S/C12H14N2O5S/c1-2-18-11-5-3-9(7-13-11)14-20(16,17)12-6-4-10(8-15)19-12/h3-7,14-15H,2,8H2,1H3. The molecule has 2 aromatic rings. The Kier molecular flexibility index (Phi) is 4.26. The van der Waals surface area contributed by atoms with Gasteiger partial charge in [0.05, 0.1) is 18.5 Å². The van der Waals surface area contributed by atoms with Gasteiger partial charge in [-0.3, -0.25) is 4.72 Å². The summed E-state index contributed by atoms with van der Waals surface area (Å²) < 4.78 is 36.5. The van der Waals surface area contributed by atoms with Gasteiger partial charge in [0.2, 0.25) is 11.0 Å². The Labute approximate surface area is 116 Å². The van der Waals surface area contributed by atoms with Crippen molar-refractivity contribution in [1.82, 2.24) is 4.98 Å². The molecule has 0 saturated carbocycles. The van der Waals surface area contributed by atoms with Crippen LogP contribution in [-0.2, 0) is 16.6 Å². The molecule has 2 aromatic heterocycles. The van der Waals surface area contributed by atoms with E-state index in [1.165, 1.54) is 24.4 Å². The molecule has 2 rings (SSSR count). The highest BCUT2D eigenvalue weighted by Gasteiger charge is 2.19. The van der Waals surface area contributed by atoms with Gasteiger partial charge in [0, 0.05) is 6.07 Å². The lowest BCUT2D eigenvalue weighted by Crippen LogP contribution is -2.12. The lowest BCUT2D eigenvalue weighted by molar-refractivity contribution is 0.236. The van der Waals surface area contributed by atoms with Gasteiger partial charge in [-0.25, -0.2) is 4.98 Å². The van der Waals surface area contributed by atoms with E-state index in [2.05, 4.69) is 9.71 Å². The molecule has 8 heteroatoms. The van der Waals surface area contributed by atoms with E-state index >= 15 is 0 Å². The lowest BCUT2D eigenvalue weighted by Gasteiger charge is -2.06. The fraction of sp³-hybridized carbons (Fsp3) is 0.250. The minimum absolute atomic E-state index is 0.176. The zero-order valence-electron chi connectivity index (χ0n) is 10.7. The fourth-order valence-corrected chi connectivity index (χ4v) is 2.46. The van der Waals surface area contributed by atoms with E-state index in [0.717, 1.165) is 0 Å². The van der Waals surface area contributed by atoms with Gasteiger partial charge in [-0.05, 0) is 25.1 Å². The van der Waals surface area contributed by atoms with Crippen molar-refractivity contribution in [2.75, 3.05) is 11.3 Å². The molecule has 2 N–H and O–H groups in total. The number of nitrogens with one attached hydrogen (secondary N) is 1. The van der Waals surface area contributed by atoms with Gasteiger partial charge >= 0.3 is 0 Å². The monoisotopic (exact) mass is 298 g/mol. The maximum Gasteiger partial charge on any atom is 0.295 e. The number of furan rings is 1.